The molecule has 1 rings (SSSR count). The van der Waals surface area contributed by atoms with Crippen LogP contribution in [0, 0.1) is 0 Å². The third-order valence-corrected chi connectivity index (χ3v) is 2.59. The van der Waals surface area contributed by atoms with Gasteiger partial charge in [-0.1, -0.05) is 0 Å². The maximum atomic E-state index is 9.66. The Morgan fingerprint density at radius 3 is 2.89 bits per heavy atom. The van der Waals surface area contributed by atoms with Crippen LogP contribution in [0.4, 0.5) is 0 Å². The summed E-state index contributed by atoms with van der Waals surface area (Å²) in [5.41, 5.74) is 1.05. The Morgan fingerprint density at radius 2 is 2.21 bits per heavy atom. The lowest BCUT2D eigenvalue weighted by atomic mass is 10.3. The number of nitrogens with zero attached hydrogens (tertiary/aromatic N) is 2. The third-order valence-electron chi connectivity index (χ3n) is 2.59. The van der Waals surface area contributed by atoms with Gasteiger partial charge in [-0.3, -0.25) is 4.68 Å². The van der Waals surface area contributed by atoms with Gasteiger partial charge in [0.05, 0.1) is 31.6 Å². The minimum Gasteiger partial charge on any atom is -0.389 e. The van der Waals surface area contributed by atoms with E-state index in [4.69, 9.17) is 9.47 Å². The molecular weight excluding hydrogens is 246 g/mol. The van der Waals surface area contributed by atoms with E-state index in [1.165, 1.54) is 0 Å². The second-order valence-electron chi connectivity index (χ2n) is 4.36. The molecule has 0 amide bonds. The number of aromatic nitrogens is 2. The summed E-state index contributed by atoms with van der Waals surface area (Å²) in [5.74, 6) is 0. The predicted molar refractivity (Wildman–Crippen MR) is 73.1 cm³/mol. The fraction of sp³-hybridized carbons (Fsp3) is 0.769. The monoisotopic (exact) mass is 271 g/mol. The highest BCUT2D eigenvalue weighted by Crippen LogP contribution is 1.94. The number of aliphatic hydroxyl groups is 1. The maximum Gasteiger partial charge on any atom is 0.0897 e. The molecule has 0 spiro atoms. The molecule has 2 N–H and O–H groups in total. The highest BCUT2D eigenvalue weighted by molar-refractivity contribution is 4.98. The Bertz CT molecular complexity index is 331. The number of rotatable bonds is 11. The number of nitrogens with one attached hydrogen (secondary N) is 1. The summed E-state index contributed by atoms with van der Waals surface area (Å²) >= 11 is 0. The summed E-state index contributed by atoms with van der Waals surface area (Å²) < 4.78 is 12.2. The highest BCUT2D eigenvalue weighted by Gasteiger charge is 2.04. The molecule has 19 heavy (non-hydrogen) atoms. The molecule has 0 bridgehead atoms. The Hall–Kier alpha value is -0.950. The summed E-state index contributed by atoms with van der Waals surface area (Å²) in [7, 11) is 1.90. The van der Waals surface area contributed by atoms with Crippen LogP contribution in [0.2, 0.25) is 0 Å². The molecule has 1 aromatic heterocycles. The maximum absolute atomic E-state index is 9.66. The normalized spacial score (nSPS) is 12.8. The average molecular weight is 271 g/mol. The van der Waals surface area contributed by atoms with Gasteiger partial charge in [0.25, 0.3) is 0 Å². The van der Waals surface area contributed by atoms with E-state index >= 15 is 0 Å². The average Bonchev–Trinajstić information content (AvgIpc) is 2.80. The highest BCUT2D eigenvalue weighted by atomic mass is 16.5. The Labute approximate surface area is 114 Å². The number of ether oxygens (including phenoxy) is 2. The van der Waals surface area contributed by atoms with E-state index in [0.717, 1.165) is 18.7 Å². The van der Waals surface area contributed by atoms with E-state index in [9.17, 15) is 5.11 Å². The number of hydrogen-bond donors (Lipinski definition) is 2. The second kappa shape index (κ2) is 9.91. The van der Waals surface area contributed by atoms with Gasteiger partial charge < -0.3 is 19.9 Å². The first-order valence-corrected chi connectivity index (χ1v) is 6.75. The van der Waals surface area contributed by atoms with Gasteiger partial charge in [0.15, 0.2) is 0 Å². The molecule has 0 saturated heterocycles. The van der Waals surface area contributed by atoms with Crippen LogP contribution in [0.5, 0.6) is 0 Å². The molecule has 0 aliphatic heterocycles. The predicted octanol–water partition coefficient (Wildman–Crippen LogP) is -0.0338. The zero-order chi connectivity index (χ0) is 13.9. The molecule has 110 valence electrons. The van der Waals surface area contributed by atoms with E-state index in [-0.39, 0.29) is 0 Å². The third kappa shape index (κ3) is 7.94. The number of aliphatic hydroxyl groups excluding tert-OH is 1. The molecule has 6 nitrogen and oxygen atoms in total. The van der Waals surface area contributed by atoms with Crippen molar-refractivity contribution in [3.05, 3.63) is 18.0 Å². The fourth-order valence-corrected chi connectivity index (χ4v) is 1.62. The summed E-state index contributed by atoms with van der Waals surface area (Å²) in [6, 6.07) is 1.99. The first kappa shape index (κ1) is 16.1. The molecule has 0 fully saturated rings. The van der Waals surface area contributed by atoms with Crippen molar-refractivity contribution in [2.24, 2.45) is 7.05 Å². The van der Waals surface area contributed by atoms with Crippen molar-refractivity contribution < 1.29 is 14.6 Å². The zero-order valence-corrected chi connectivity index (χ0v) is 11.8. The summed E-state index contributed by atoms with van der Waals surface area (Å²) in [4.78, 5) is 0. The van der Waals surface area contributed by atoms with Crippen LogP contribution in [0.1, 0.15) is 12.6 Å². The molecule has 1 aromatic rings. The van der Waals surface area contributed by atoms with Crippen molar-refractivity contribution in [1.82, 2.24) is 15.1 Å². The van der Waals surface area contributed by atoms with Crippen LogP contribution in [0.25, 0.3) is 0 Å². The summed E-state index contributed by atoms with van der Waals surface area (Å²) in [6.07, 6.45) is 2.31. The van der Waals surface area contributed by atoms with Gasteiger partial charge in [-0.25, -0.2) is 0 Å². The minimum absolute atomic E-state index is 0.337. The standard InChI is InChI=1S/C13H25N3O3/c1-3-18-8-9-19-11-13(17)10-14-6-4-12-5-7-16(2)15-12/h5,7,13-14,17H,3-4,6,8-11H2,1-2H3. The Kier molecular flexibility index (Phi) is 8.40. The van der Waals surface area contributed by atoms with Crippen LogP contribution in [-0.4, -0.2) is 60.5 Å². The van der Waals surface area contributed by atoms with Gasteiger partial charge in [0.2, 0.25) is 0 Å². The molecule has 1 heterocycles. The molecular formula is C13H25N3O3. The second-order valence-corrected chi connectivity index (χ2v) is 4.36. The molecule has 6 heteroatoms. The van der Waals surface area contributed by atoms with Gasteiger partial charge in [-0.05, 0) is 13.0 Å². The molecule has 0 radical (unpaired) electrons. The van der Waals surface area contributed by atoms with Gasteiger partial charge in [-0.2, -0.15) is 5.10 Å². The van der Waals surface area contributed by atoms with Crippen molar-refractivity contribution in [1.29, 1.82) is 0 Å². The number of aryl methyl sites for hydroxylation is 1. The van der Waals surface area contributed by atoms with Crippen LogP contribution < -0.4 is 5.32 Å². The lowest BCUT2D eigenvalue weighted by molar-refractivity contribution is 0.00659. The molecule has 0 saturated carbocycles. The topological polar surface area (TPSA) is 68.5 Å². The van der Waals surface area contributed by atoms with Crippen LogP contribution in [0.15, 0.2) is 12.3 Å². The smallest absolute Gasteiger partial charge is 0.0897 e. The molecule has 1 atom stereocenters. The SMILES string of the molecule is CCOCCOCC(O)CNCCc1ccn(C)n1. The van der Waals surface area contributed by atoms with Gasteiger partial charge in [0.1, 0.15) is 0 Å². The first-order valence-electron chi connectivity index (χ1n) is 6.75. The lowest BCUT2D eigenvalue weighted by Gasteiger charge is -2.12. The van der Waals surface area contributed by atoms with Gasteiger partial charge >= 0.3 is 0 Å². The van der Waals surface area contributed by atoms with Crippen molar-refractivity contribution in [2.45, 2.75) is 19.4 Å². The van der Waals surface area contributed by atoms with E-state index in [1.807, 2.05) is 26.2 Å². The van der Waals surface area contributed by atoms with E-state index in [1.54, 1.807) is 4.68 Å². The van der Waals surface area contributed by atoms with E-state index < -0.39 is 6.10 Å². The fourth-order valence-electron chi connectivity index (χ4n) is 1.62. The Morgan fingerprint density at radius 1 is 1.42 bits per heavy atom. The van der Waals surface area contributed by atoms with Crippen molar-refractivity contribution in [3.63, 3.8) is 0 Å². The minimum atomic E-state index is -0.481. The van der Waals surface area contributed by atoms with Crippen LogP contribution >= 0.6 is 0 Å². The Balaban J connectivity index is 1.93. The van der Waals surface area contributed by atoms with Gasteiger partial charge in [-0.15, -0.1) is 0 Å². The molecule has 0 aromatic carbocycles. The zero-order valence-electron chi connectivity index (χ0n) is 11.8. The summed E-state index contributed by atoms with van der Waals surface area (Å²) in [6.45, 7) is 5.41. The van der Waals surface area contributed by atoms with Crippen LogP contribution in [-0.2, 0) is 22.9 Å². The van der Waals surface area contributed by atoms with Crippen molar-refractivity contribution in [3.8, 4) is 0 Å². The first-order chi connectivity index (χ1) is 9.22. The van der Waals surface area contributed by atoms with E-state index in [0.29, 0.717) is 33.0 Å². The molecule has 0 aliphatic rings. The van der Waals surface area contributed by atoms with Crippen molar-refractivity contribution >= 4 is 0 Å². The quantitative estimate of drug-likeness (QED) is 0.553. The summed E-state index contributed by atoms with van der Waals surface area (Å²) in [5, 5.41) is 17.1. The van der Waals surface area contributed by atoms with E-state index in [2.05, 4.69) is 10.4 Å². The van der Waals surface area contributed by atoms with Crippen molar-refractivity contribution in [2.75, 3.05) is 39.5 Å². The lowest BCUT2D eigenvalue weighted by Crippen LogP contribution is -2.32. The molecule has 0 aliphatic carbocycles. The van der Waals surface area contributed by atoms with Crippen LogP contribution in [0.3, 0.4) is 0 Å². The van der Waals surface area contributed by atoms with Gasteiger partial charge in [0, 0.05) is 39.4 Å². The number of hydrogen-bond acceptors (Lipinski definition) is 5. The largest absolute Gasteiger partial charge is 0.389 e. The molecule has 1 unspecified atom stereocenters.